The molecule has 6 nitrogen and oxygen atoms in total. The molecular weight excluding hydrogens is 212 g/mol. The number of aromatic nitrogens is 2. The number of rotatable bonds is 2. The molecule has 1 aromatic rings. The van der Waals surface area contributed by atoms with E-state index in [2.05, 4.69) is 9.97 Å². The van der Waals surface area contributed by atoms with E-state index in [0.29, 0.717) is 19.0 Å². The van der Waals surface area contributed by atoms with Crippen molar-refractivity contribution in [2.45, 2.75) is 18.8 Å². The quantitative estimate of drug-likeness (QED) is 0.756. The summed E-state index contributed by atoms with van der Waals surface area (Å²) in [4.78, 5) is 28.5. The van der Waals surface area contributed by atoms with Crippen LogP contribution < -0.4 is 5.56 Å². The van der Waals surface area contributed by atoms with Gasteiger partial charge < -0.3 is 14.8 Å². The molecule has 1 aliphatic rings. The molecule has 0 saturated carbocycles. The molecule has 0 radical (unpaired) electrons. The fourth-order valence-electron chi connectivity index (χ4n) is 1.75. The Kier molecular flexibility index (Phi) is 3.00. The molecule has 0 atom stereocenters. The third kappa shape index (κ3) is 2.27. The van der Waals surface area contributed by atoms with Gasteiger partial charge in [0.25, 0.3) is 5.56 Å². The first kappa shape index (κ1) is 10.8. The van der Waals surface area contributed by atoms with Gasteiger partial charge in [0.05, 0.1) is 0 Å². The van der Waals surface area contributed by atoms with Crippen LogP contribution in [0.1, 0.15) is 35.1 Å². The van der Waals surface area contributed by atoms with Gasteiger partial charge in [-0.1, -0.05) is 0 Å². The van der Waals surface area contributed by atoms with E-state index in [-0.39, 0.29) is 11.6 Å². The van der Waals surface area contributed by atoms with Crippen LogP contribution in [0.5, 0.6) is 0 Å². The third-order valence-corrected chi connectivity index (χ3v) is 2.59. The number of hydrogen-bond donors (Lipinski definition) is 2. The molecule has 2 N–H and O–H groups in total. The van der Waals surface area contributed by atoms with Crippen molar-refractivity contribution >= 4 is 5.97 Å². The first-order valence-electron chi connectivity index (χ1n) is 5.09. The largest absolute Gasteiger partial charge is 0.477 e. The second-order valence-electron chi connectivity index (χ2n) is 3.71. The number of carboxylic acids is 1. The average molecular weight is 224 g/mol. The number of nitrogens with zero attached hydrogens (tertiary/aromatic N) is 1. The Morgan fingerprint density at radius 2 is 2.19 bits per heavy atom. The van der Waals surface area contributed by atoms with Gasteiger partial charge in [-0.2, -0.15) is 0 Å². The van der Waals surface area contributed by atoms with E-state index in [1.807, 2.05) is 0 Å². The van der Waals surface area contributed by atoms with Gasteiger partial charge in [-0.25, -0.2) is 9.78 Å². The molecule has 2 rings (SSSR count). The van der Waals surface area contributed by atoms with Gasteiger partial charge in [0.15, 0.2) is 5.69 Å². The summed E-state index contributed by atoms with van der Waals surface area (Å²) in [7, 11) is 0. The molecule has 0 spiro atoms. The van der Waals surface area contributed by atoms with Crippen molar-refractivity contribution in [1.29, 1.82) is 0 Å². The smallest absolute Gasteiger partial charge is 0.354 e. The molecule has 1 aliphatic heterocycles. The van der Waals surface area contributed by atoms with E-state index in [1.165, 1.54) is 0 Å². The number of aromatic carboxylic acids is 1. The lowest BCUT2D eigenvalue weighted by molar-refractivity contribution is 0.0687. The van der Waals surface area contributed by atoms with Crippen molar-refractivity contribution in [3.05, 3.63) is 27.9 Å². The highest BCUT2D eigenvalue weighted by Crippen LogP contribution is 2.23. The number of carbonyl (C=O) groups is 1. The molecule has 0 unspecified atom stereocenters. The SMILES string of the molecule is O=C(O)c1cc(=O)[nH]c(C2CCOCC2)n1. The molecule has 0 aromatic carbocycles. The molecule has 1 saturated heterocycles. The highest BCUT2D eigenvalue weighted by atomic mass is 16.5. The van der Waals surface area contributed by atoms with E-state index >= 15 is 0 Å². The van der Waals surface area contributed by atoms with Crippen LogP contribution in [0, 0.1) is 0 Å². The van der Waals surface area contributed by atoms with Crippen LogP contribution in [0.15, 0.2) is 10.9 Å². The van der Waals surface area contributed by atoms with E-state index in [1.54, 1.807) is 0 Å². The topological polar surface area (TPSA) is 92.3 Å². The minimum atomic E-state index is -1.18. The summed E-state index contributed by atoms with van der Waals surface area (Å²) in [5.74, 6) is -0.645. The van der Waals surface area contributed by atoms with Crippen molar-refractivity contribution < 1.29 is 14.6 Å². The second-order valence-corrected chi connectivity index (χ2v) is 3.71. The number of ether oxygens (including phenoxy) is 1. The minimum absolute atomic E-state index is 0.0840. The van der Waals surface area contributed by atoms with Crippen molar-refractivity contribution in [3.63, 3.8) is 0 Å². The van der Waals surface area contributed by atoms with Gasteiger partial charge in [-0.3, -0.25) is 4.79 Å². The van der Waals surface area contributed by atoms with Crippen LogP contribution in [-0.2, 0) is 4.74 Å². The van der Waals surface area contributed by atoms with Crippen LogP contribution in [0.3, 0.4) is 0 Å². The van der Waals surface area contributed by atoms with Crippen molar-refractivity contribution in [1.82, 2.24) is 9.97 Å². The average Bonchev–Trinajstić information content (AvgIpc) is 2.29. The van der Waals surface area contributed by atoms with Gasteiger partial charge in [-0.15, -0.1) is 0 Å². The third-order valence-electron chi connectivity index (χ3n) is 2.59. The molecular formula is C10H12N2O4. The van der Waals surface area contributed by atoms with E-state index in [4.69, 9.17) is 9.84 Å². The summed E-state index contributed by atoms with van der Waals surface area (Å²) in [5.41, 5.74) is -0.626. The lowest BCUT2D eigenvalue weighted by Crippen LogP contribution is -2.22. The lowest BCUT2D eigenvalue weighted by atomic mass is 9.99. The summed E-state index contributed by atoms with van der Waals surface area (Å²) < 4.78 is 5.19. The van der Waals surface area contributed by atoms with Crippen molar-refractivity contribution in [3.8, 4) is 0 Å². The van der Waals surface area contributed by atoms with Crippen LogP contribution in [0.25, 0.3) is 0 Å². The first-order valence-corrected chi connectivity index (χ1v) is 5.09. The van der Waals surface area contributed by atoms with E-state index in [9.17, 15) is 9.59 Å². The zero-order valence-electron chi connectivity index (χ0n) is 8.60. The van der Waals surface area contributed by atoms with Crippen molar-refractivity contribution in [2.75, 3.05) is 13.2 Å². The van der Waals surface area contributed by atoms with Crippen LogP contribution in [0.4, 0.5) is 0 Å². The number of H-pyrrole nitrogens is 1. The first-order chi connectivity index (χ1) is 7.66. The van der Waals surface area contributed by atoms with Gasteiger partial charge >= 0.3 is 5.97 Å². The molecule has 0 aliphatic carbocycles. The highest BCUT2D eigenvalue weighted by molar-refractivity contribution is 5.85. The number of nitrogens with one attached hydrogen (secondary N) is 1. The Labute approximate surface area is 91.3 Å². The van der Waals surface area contributed by atoms with Gasteiger partial charge in [0.1, 0.15) is 5.82 Å². The lowest BCUT2D eigenvalue weighted by Gasteiger charge is -2.20. The Hall–Kier alpha value is -1.69. The maximum Gasteiger partial charge on any atom is 0.354 e. The normalized spacial score (nSPS) is 17.2. The summed E-state index contributed by atoms with van der Waals surface area (Å²) in [6.45, 7) is 1.23. The fourth-order valence-corrected chi connectivity index (χ4v) is 1.75. The van der Waals surface area contributed by atoms with Crippen LogP contribution in [0.2, 0.25) is 0 Å². The van der Waals surface area contributed by atoms with Gasteiger partial charge in [0.2, 0.25) is 0 Å². The monoisotopic (exact) mass is 224 g/mol. The Morgan fingerprint density at radius 3 is 2.81 bits per heavy atom. The molecule has 1 aromatic heterocycles. The Morgan fingerprint density at radius 1 is 1.50 bits per heavy atom. The van der Waals surface area contributed by atoms with Crippen LogP contribution in [-0.4, -0.2) is 34.3 Å². The zero-order chi connectivity index (χ0) is 11.5. The van der Waals surface area contributed by atoms with Gasteiger partial charge in [-0.05, 0) is 12.8 Å². The predicted octanol–water partition coefficient (Wildman–Crippen LogP) is 0.362. The summed E-state index contributed by atoms with van der Waals surface area (Å²) in [6.07, 6.45) is 1.51. The molecule has 1 fully saturated rings. The summed E-state index contributed by atoms with van der Waals surface area (Å²) in [6, 6.07) is 0.991. The molecule has 0 bridgehead atoms. The number of carboxylic acid groups (broad SMARTS) is 1. The molecule has 6 heteroatoms. The molecule has 86 valence electrons. The zero-order valence-corrected chi connectivity index (χ0v) is 8.60. The number of aromatic amines is 1. The summed E-state index contributed by atoms with van der Waals surface area (Å²) >= 11 is 0. The second kappa shape index (κ2) is 4.44. The molecule has 16 heavy (non-hydrogen) atoms. The maximum absolute atomic E-state index is 11.3. The van der Waals surface area contributed by atoms with E-state index < -0.39 is 11.5 Å². The van der Waals surface area contributed by atoms with Gasteiger partial charge in [0, 0.05) is 25.2 Å². The molecule has 0 amide bonds. The number of hydrogen-bond acceptors (Lipinski definition) is 4. The molecule has 2 heterocycles. The van der Waals surface area contributed by atoms with E-state index in [0.717, 1.165) is 18.9 Å². The summed E-state index contributed by atoms with van der Waals surface area (Å²) in [5, 5.41) is 8.79. The van der Waals surface area contributed by atoms with Crippen molar-refractivity contribution in [2.24, 2.45) is 0 Å². The fraction of sp³-hybridized carbons (Fsp3) is 0.500. The Balaban J connectivity index is 2.32. The predicted molar refractivity (Wildman–Crippen MR) is 54.6 cm³/mol. The van der Waals surface area contributed by atoms with Crippen LogP contribution >= 0.6 is 0 Å². The standard InChI is InChI=1S/C10H12N2O4/c13-8-5-7(10(14)15)11-9(12-8)6-1-3-16-4-2-6/h5-6H,1-4H2,(H,14,15)(H,11,12,13). The highest BCUT2D eigenvalue weighted by Gasteiger charge is 2.19. The minimum Gasteiger partial charge on any atom is -0.477 e. The Bertz CT molecular complexity index is 448. The maximum atomic E-state index is 11.3.